The average molecular weight is 287 g/mol. The highest BCUT2D eigenvalue weighted by Crippen LogP contribution is 2.42. The van der Waals surface area contributed by atoms with Gasteiger partial charge in [0.25, 0.3) is 0 Å². The summed E-state index contributed by atoms with van der Waals surface area (Å²) in [5.74, 6) is 3.49. The van der Waals surface area contributed by atoms with Gasteiger partial charge in [-0.15, -0.1) is 0 Å². The average Bonchev–Trinajstić information content (AvgIpc) is 3.01. The van der Waals surface area contributed by atoms with Gasteiger partial charge in [-0.1, -0.05) is 37.8 Å². The maximum atomic E-state index is 5.89. The summed E-state index contributed by atoms with van der Waals surface area (Å²) in [5.41, 5.74) is 1.49. The van der Waals surface area contributed by atoms with E-state index >= 15 is 0 Å². The molecule has 2 fully saturated rings. The Morgan fingerprint density at radius 2 is 1.95 bits per heavy atom. The van der Waals surface area contributed by atoms with Crippen LogP contribution >= 0.6 is 0 Å². The van der Waals surface area contributed by atoms with Crippen molar-refractivity contribution in [3.05, 3.63) is 29.8 Å². The molecule has 21 heavy (non-hydrogen) atoms. The Hall–Kier alpha value is -1.02. The van der Waals surface area contributed by atoms with E-state index in [1.165, 1.54) is 44.2 Å². The van der Waals surface area contributed by atoms with Gasteiger partial charge in [0.05, 0.1) is 6.10 Å². The van der Waals surface area contributed by atoms with Crippen LogP contribution in [0.3, 0.4) is 0 Å². The van der Waals surface area contributed by atoms with Crippen molar-refractivity contribution in [1.29, 1.82) is 0 Å². The molecule has 1 heterocycles. The van der Waals surface area contributed by atoms with Gasteiger partial charge in [0.2, 0.25) is 0 Å². The van der Waals surface area contributed by atoms with Crippen molar-refractivity contribution in [2.24, 2.45) is 11.8 Å². The summed E-state index contributed by atoms with van der Waals surface area (Å²) in [7, 11) is 0. The highest BCUT2D eigenvalue weighted by atomic mass is 16.5. The number of hydrogen-bond acceptors (Lipinski definition) is 2. The molecule has 116 valence electrons. The molecule has 0 amide bonds. The van der Waals surface area contributed by atoms with Gasteiger partial charge in [-0.2, -0.15) is 0 Å². The fraction of sp³-hybridized carbons (Fsp3) is 0.684. The van der Waals surface area contributed by atoms with Crippen LogP contribution in [0.1, 0.15) is 57.4 Å². The molecule has 2 aliphatic rings. The summed E-state index contributed by atoms with van der Waals surface area (Å²) in [6, 6.07) is 8.86. The largest absolute Gasteiger partial charge is 0.491 e. The molecule has 0 spiro atoms. The summed E-state index contributed by atoms with van der Waals surface area (Å²) in [5, 5.41) is 3.63. The van der Waals surface area contributed by atoms with Gasteiger partial charge >= 0.3 is 0 Å². The Balaban J connectivity index is 1.79. The predicted octanol–water partition coefficient (Wildman–Crippen LogP) is 4.36. The van der Waals surface area contributed by atoms with Gasteiger partial charge in [-0.25, -0.2) is 0 Å². The molecular weight excluding hydrogens is 258 g/mol. The SMILES string of the molecule is CC(C)Oc1cccc(C2CCNCC2C2CCCC2)c1. The second kappa shape index (κ2) is 6.83. The number of benzene rings is 1. The molecule has 0 aromatic heterocycles. The monoisotopic (exact) mass is 287 g/mol. The maximum absolute atomic E-state index is 5.89. The summed E-state index contributed by atoms with van der Waals surface area (Å²) >= 11 is 0. The first-order chi connectivity index (χ1) is 10.2. The van der Waals surface area contributed by atoms with Gasteiger partial charge < -0.3 is 10.1 Å². The van der Waals surface area contributed by atoms with Crippen LogP contribution in [0.4, 0.5) is 0 Å². The first-order valence-electron chi connectivity index (χ1n) is 8.71. The number of rotatable bonds is 4. The Labute approximate surface area is 129 Å². The van der Waals surface area contributed by atoms with Crippen LogP contribution in [0.15, 0.2) is 24.3 Å². The third kappa shape index (κ3) is 3.60. The van der Waals surface area contributed by atoms with E-state index in [9.17, 15) is 0 Å². The fourth-order valence-electron chi connectivity index (χ4n) is 4.27. The lowest BCUT2D eigenvalue weighted by molar-refractivity contribution is 0.227. The van der Waals surface area contributed by atoms with Crippen LogP contribution in [-0.2, 0) is 0 Å². The summed E-state index contributed by atoms with van der Waals surface area (Å²) in [6.07, 6.45) is 7.26. The highest BCUT2D eigenvalue weighted by molar-refractivity contribution is 5.32. The zero-order chi connectivity index (χ0) is 14.7. The van der Waals surface area contributed by atoms with Crippen molar-refractivity contribution in [1.82, 2.24) is 5.32 Å². The predicted molar refractivity (Wildman–Crippen MR) is 87.9 cm³/mol. The third-order valence-electron chi connectivity index (χ3n) is 5.19. The minimum atomic E-state index is 0.249. The van der Waals surface area contributed by atoms with Crippen LogP contribution in [0.25, 0.3) is 0 Å². The normalized spacial score (nSPS) is 27.2. The van der Waals surface area contributed by atoms with Crippen molar-refractivity contribution in [3.63, 3.8) is 0 Å². The van der Waals surface area contributed by atoms with Crippen molar-refractivity contribution < 1.29 is 4.74 Å². The van der Waals surface area contributed by atoms with Gasteiger partial charge in [0.1, 0.15) is 5.75 Å². The van der Waals surface area contributed by atoms with Crippen LogP contribution in [0.2, 0.25) is 0 Å². The highest BCUT2D eigenvalue weighted by Gasteiger charge is 2.34. The number of piperidine rings is 1. The second-order valence-corrected chi connectivity index (χ2v) is 7.05. The van der Waals surface area contributed by atoms with Crippen LogP contribution in [-0.4, -0.2) is 19.2 Å². The maximum Gasteiger partial charge on any atom is 0.119 e. The zero-order valence-electron chi connectivity index (χ0n) is 13.5. The molecule has 3 rings (SSSR count). The third-order valence-corrected chi connectivity index (χ3v) is 5.19. The van der Waals surface area contributed by atoms with E-state index < -0.39 is 0 Å². The molecule has 1 aromatic carbocycles. The van der Waals surface area contributed by atoms with Crippen molar-refractivity contribution in [2.45, 2.75) is 58.0 Å². The molecule has 2 unspecified atom stereocenters. The molecule has 2 nitrogen and oxygen atoms in total. The smallest absolute Gasteiger partial charge is 0.119 e. The van der Waals surface area contributed by atoms with Crippen LogP contribution in [0, 0.1) is 11.8 Å². The van der Waals surface area contributed by atoms with Crippen LogP contribution in [0.5, 0.6) is 5.75 Å². The lowest BCUT2D eigenvalue weighted by Gasteiger charge is -2.36. The van der Waals surface area contributed by atoms with E-state index in [-0.39, 0.29) is 6.10 Å². The Morgan fingerprint density at radius 1 is 1.14 bits per heavy atom. The van der Waals surface area contributed by atoms with E-state index in [1.807, 2.05) is 0 Å². The van der Waals surface area contributed by atoms with Gasteiger partial charge in [-0.3, -0.25) is 0 Å². The molecular formula is C19H29NO. The van der Waals surface area contributed by atoms with Crippen molar-refractivity contribution in [2.75, 3.05) is 13.1 Å². The Morgan fingerprint density at radius 3 is 2.71 bits per heavy atom. The minimum Gasteiger partial charge on any atom is -0.491 e. The lowest BCUT2D eigenvalue weighted by Crippen LogP contribution is -2.38. The Bertz CT molecular complexity index is 451. The molecule has 1 saturated heterocycles. The quantitative estimate of drug-likeness (QED) is 0.888. The fourth-order valence-corrected chi connectivity index (χ4v) is 4.27. The van der Waals surface area contributed by atoms with Gasteiger partial charge in [0, 0.05) is 0 Å². The lowest BCUT2D eigenvalue weighted by atomic mass is 9.73. The number of nitrogens with one attached hydrogen (secondary N) is 1. The first-order valence-corrected chi connectivity index (χ1v) is 8.71. The molecule has 0 bridgehead atoms. The molecule has 1 N–H and O–H groups in total. The summed E-state index contributed by atoms with van der Waals surface area (Å²) in [6.45, 7) is 6.55. The Kier molecular flexibility index (Phi) is 4.84. The zero-order valence-corrected chi connectivity index (χ0v) is 13.5. The number of ether oxygens (including phenoxy) is 1. The standard InChI is InChI=1S/C19H29NO/c1-14(2)21-17-9-5-8-16(12-17)18-10-11-20-13-19(18)15-6-3-4-7-15/h5,8-9,12,14-15,18-20H,3-4,6-7,10-11,13H2,1-2H3. The second-order valence-electron chi connectivity index (χ2n) is 7.05. The molecule has 2 atom stereocenters. The summed E-state index contributed by atoms with van der Waals surface area (Å²) < 4.78 is 5.89. The molecule has 2 heteroatoms. The molecule has 0 radical (unpaired) electrons. The van der Waals surface area contributed by atoms with E-state index in [2.05, 4.69) is 43.4 Å². The van der Waals surface area contributed by atoms with Crippen molar-refractivity contribution >= 4 is 0 Å². The van der Waals surface area contributed by atoms with Crippen LogP contribution < -0.4 is 10.1 Å². The van der Waals surface area contributed by atoms with Gasteiger partial charge in [-0.05, 0) is 68.8 Å². The molecule has 1 aliphatic heterocycles. The topological polar surface area (TPSA) is 21.3 Å². The van der Waals surface area contributed by atoms with E-state index in [0.29, 0.717) is 5.92 Å². The molecule has 1 aliphatic carbocycles. The minimum absolute atomic E-state index is 0.249. The summed E-state index contributed by atoms with van der Waals surface area (Å²) in [4.78, 5) is 0. The number of hydrogen-bond donors (Lipinski definition) is 1. The van der Waals surface area contributed by atoms with Gasteiger partial charge in [0.15, 0.2) is 0 Å². The molecule has 1 saturated carbocycles. The molecule has 1 aromatic rings. The first kappa shape index (κ1) is 14.9. The van der Waals surface area contributed by atoms with E-state index in [1.54, 1.807) is 0 Å². The van der Waals surface area contributed by atoms with Crippen molar-refractivity contribution in [3.8, 4) is 5.75 Å². The van der Waals surface area contributed by atoms with E-state index in [4.69, 9.17) is 4.74 Å². The van der Waals surface area contributed by atoms with E-state index in [0.717, 1.165) is 24.1 Å².